The maximum absolute atomic E-state index is 12.2. The predicted molar refractivity (Wildman–Crippen MR) is 75.7 cm³/mol. The van der Waals surface area contributed by atoms with E-state index in [9.17, 15) is 4.79 Å². The molecule has 1 amide bonds. The third-order valence-electron chi connectivity index (χ3n) is 2.79. The molecule has 2 N–H and O–H groups in total. The van der Waals surface area contributed by atoms with Gasteiger partial charge in [-0.25, -0.2) is 4.98 Å². The maximum atomic E-state index is 12.2. The summed E-state index contributed by atoms with van der Waals surface area (Å²) in [6.45, 7) is 1.84. The standard InChI is InChI=1S/C12H15ClN6O/c1-7(11-18-15-6-19(11)3)16-12(20)8-4-9(13)17-10(5-8)14-2/h4-7H,1-3H3,(H,14,17)(H,16,20). The van der Waals surface area contributed by atoms with E-state index in [4.69, 9.17) is 11.6 Å². The van der Waals surface area contributed by atoms with Crippen LogP contribution in [0.1, 0.15) is 29.1 Å². The first-order chi connectivity index (χ1) is 9.51. The Morgan fingerprint density at radius 3 is 2.80 bits per heavy atom. The van der Waals surface area contributed by atoms with Crippen LogP contribution in [0.25, 0.3) is 0 Å². The number of rotatable bonds is 4. The van der Waals surface area contributed by atoms with Crippen LogP contribution < -0.4 is 10.6 Å². The van der Waals surface area contributed by atoms with Gasteiger partial charge in [0.15, 0.2) is 5.82 Å². The molecule has 0 radical (unpaired) electrons. The van der Waals surface area contributed by atoms with Gasteiger partial charge in [0, 0.05) is 19.7 Å². The molecule has 2 aromatic rings. The van der Waals surface area contributed by atoms with Crippen molar-refractivity contribution in [2.45, 2.75) is 13.0 Å². The molecule has 0 fully saturated rings. The molecule has 0 bridgehead atoms. The molecule has 8 heteroatoms. The highest BCUT2D eigenvalue weighted by Crippen LogP contribution is 2.15. The second-order valence-corrected chi connectivity index (χ2v) is 4.70. The first-order valence-electron chi connectivity index (χ1n) is 6.01. The molecule has 0 saturated carbocycles. The van der Waals surface area contributed by atoms with E-state index in [0.29, 0.717) is 17.2 Å². The molecule has 0 spiro atoms. The highest BCUT2D eigenvalue weighted by Gasteiger charge is 2.16. The van der Waals surface area contributed by atoms with Crippen LogP contribution in [0.4, 0.5) is 5.82 Å². The molecule has 0 aromatic carbocycles. The molecule has 106 valence electrons. The number of carbonyl (C=O) groups excluding carboxylic acids is 1. The number of halogens is 1. The molecule has 7 nitrogen and oxygen atoms in total. The van der Waals surface area contributed by atoms with Gasteiger partial charge in [-0.2, -0.15) is 0 Å². The minimum Gasteiger partial charge on any atom is -0.373 e. The van der Waals surface area contributed by atoms with Crippen molar-refractivity contribution in [3.05, 3.63) is 35.0 Å². The molecule has 20 heavy (non-hydrogen) atoms. The van der Waals surface area contributed by atoms with Gasteiger partial charge in [0.1, 0.15) is 17.3 Å². The fraction of sp³-hybridized carbons (Fsp3) is 0.333. The number of aryl methyl sites for hydroxylation is 1. The SMILES string of the molecule is CNc1cc(C(=O)NC(C)c2nncn2C)cc(Cl)n1. The van der Waals surface area contributed by atoms with Gasteiger partial charge in [0.05, 0.1) is 6.04 Å². The van der Waals surface area contributed by atoms with E-state index in [1.807, 2.05) is 14.0 Å². The zero-order valence-corrected chi connectivity index (χ0v) is 12.1. The molecule has 2 aromatic heterocycles. The number of amides is 1. The van der Waals surface area contributed by atoms with E-state index in [1.54, 1.807) is 24.0 Å². The quantitative estimate of drug-likeness (QED) is 0.833. The monoisotopic (exact) mass is 294 g/mol. The first kappa shape index (κ1) is 14.3. The molecule has 1 atom stereocenters. The Hall–Kier alpha value is -2.15. The average Bonchev–Trinajstić information content (AvgIpc) is 2.84. The van der Waals surface area contributed by atoms with E-state index >= 15 is 0 Å². The Labute approximate surface area is 121 Å². The number of nitrogens with one attached hydrogen (secondary N) is 2. The van der Waals surface area contributed by atoms with Crippen molar-refractivity contribution in [2.75, 3.05) is 12.4 Å². The second kappa shape index (κ2) is 5.87. The topological polar surface area (TPSA) is 84.7 Å². The number of hydrogen-bond donors (Lipinski definition) is 2. The van der Waals surface area contributed by atoms with Crippen LogP contribution in [0.15, 0.2) is 18.5 Å². The lowest BCUT2D eigenvalue weighted by Crippen LogP contribution is -2.28. The van der Waals surface area contributed by atoms with Crippen molar-refractivity contribution >= 4 is 23.3 Å². The molecule has 0 aliphatic heterocycles. The Balaban J connectivity index is 2.16. The summed E-state index contributed by atoms with van der Waals surface area (Å²) >= 11 is 5.88. The number of pyridine rings is 1. The Morgan fingerprint density at radius 2 is 2.20 bits per heavy atom. The Bertz CT molecular complexity index is 626. The van der Waals surface area contributed by atoms with Crippen molar-refractivity contribution in [3.8, 4) is 0 Å². The van der Waals surface area contributed by atoms with Crippen LogP contribution >= 0.6 is 11.6 Å². The zero-order chi connectivity index (χ0) is 14.7. The first-order valence-corrected chi connectivity index (χ1v) is 6.39. The van der Waals surface area contributed by atoms with Crippen molar-refractivity contribution in [3.63, 3.8) is 0 Å². The van der Waals surface area contributed by atoms with Gasteiger partial charge in [-0.15, -0.1) is 10.2 Å². The lowest BCUT2D eigenvalue weighted by molar-refractivity contribution is 0.0937. The van der Waals surface area contributed by atoms with Crippen LogP contribution in [0, 0.1) is 0 Å². The zero-order valence-electron chi connectivity index (χ0n) is 11.4. The average molecular weight is 295 g/mol. The number of anilines is 1. The van der Waals surface area contributed by atoms with Gasteiger partial charge in [0.25, 0.3) is 5.91 Å². The highest BCUT2D eigenvalue weighted by atomic mass is 35.5. The molecule has 2 rings (SSSR count). The van der Waals surface area contributed by atoms with E-state index in [-0.39, 0.29) is 17.1 Å². The smallest absolute Gasteiger partial charge is 0.252 e. The summed E-state index contributed by atoms with van der Waals surface area (Å²) in [6, 6.07) is 2.88. The lowest BCUT2D eigenvalue weighted by atomic mass is 10.2. The van der Waals surface area contributed by atoms with E-state index in [1.165, 1.54) is 6.07 Å². The summed E-state index contributed by atoms with van der Waals surface area (Å²) in [4.78, 5) is 16.2. The van der Waals surface area contributed by atoms with Crippen LogP contribution in [0.5, 0.6) is 0 Å². The number of hydrogen-bond acceptors (Lipinski definition) is 5. The summed E-state index contributed by atoms with van der Waals surface area (Å²) in [7, 11) is 3.53. The van der Waals surface area contributed by atoms with E-state index < -0.39 is 0 Å². The number of nitrogens with zero attached hydrogens (tertiary/aromatic N) is 4. The largest absolute Gasteiger partial charge is 0.373 e. The van der Waals surface area contributed by atoms with E-state index in [0.717, 1.165) is 0 Å². The minimum absolute atomic E-state index is 0.249. The van der Waals surface area contributed by atoms with Crippen molar-refractivity contribution in [1.29, 1.82) is 0 Å². The summed E-state index contributed by atoms with van der Waals surface area (Å²) in [5, 5.41) is 13.7. The number of aromatic nitrogens is 4. The normalized spacial score (nSPS) is 12.0. The van der Waals surface area contributed by atoms with Crippen molar-refractivity contribution in [2.24, 2.45) is 7.05 Å². The summed E-state index contributed by atoms with van der Waals surface area (Å²) in [5.41, 5.74) is 0.434. The molecule has 2 heterocycles. The van der Waals surface area contributed by atoms with Gasteiger partial charge in [-0.3, -0.25) is 4.79 Å². The van der Waals surface area contributed by atoms with Crippen LogP contribution in [0.2, 0.25) is 5.15 Å². The molecular weight excluding hydrogens is 280 g/mol. The fourth-order valence-corrected chi connectivity index (χ4v) is 1.99. The van der Waals surface area contributed by atoms with Gasteiger partial charge >= 0.3 is 0 Å². The third kappa shape index (κ3) is 3.05. The summed E-state index contributed by atoms with van der Waals surface area (Å²) in [5.74, 6) is 0.961. The van der Waals surface area contributed by atoms with E-state index in [2.05, 4.69) is 25.8 Å². The molecule has 0 aliphatic rings. The molecule has 0 saturated heterocycles. The summed E-state index contributed by atoms with van der Waals surface area (Å²) in [6.07, 6.45) is 1.58. The summed E-state index contributed by atoms with van der Waals surface area (Å²) < 4.78 is 1.75. The van der Waals surface area contributed by atoms with Gasteiger partial charge < -0.3 is 15.2 Å². The molecule has 0 aliphatic carbocycles. The second-order valence-electron chi connectivity index (χ2n) is 4.31. The van der Waals surface area contributed by atoms with Gasteiger partial charge in [-0.05, 0) is 19.1 Å². The maximum Gasteiger partial charge on any atom is 0.252 e. The fourth-order valence-electron chi connectivity index (χ4n) is 1.78. The highest BCUT2D eigenvalue weighted by molar-refractivity contribution is 6.29. The van der Waals surface area contributed by atoms with Gasteiger partial charge in [0.2, 0.25) is 0 Å². The predicted octanol–water partition coefficient (Wildman–Crippen LogP) is 1.40. The molecule has 1 unspecified atom stereocenters. The lowest BCUT2D eigenvalue weighted by Gasteiger charge is -2.13. The van der Waals surface area contributed by atoms with Gasteiger partial charge in [-0.1, -0.05) is 11.6 Å². The Morgan fingerprint density at radius 1 is 1.45 bits per heavy atom. The van der Waals surface area contributed by atoms with Crippen LogP contribution in [-0.4, -0.2) is 32.7 Å². The van der Waals surface area contributed by atoms with Crippen LogP contribution in [-0.2, 0) is 7.05 Å². The Kier molecular flexibility index (Phi) is 4.19. The van der Waals surface area contributed by atoms with Crippen molar-refractivity contribution < 1.29 is 4.79 Å². The third-order valence-corrected chi connectivity index (χ3v) is 2.99. The number of carbonyl (C=O) groups is 1. The van der Waals surface area contributed by atoms with Crippen LogP contribution in [0.3, 0.4) is 0 Å². The molecular formula is C12H15ClN6O. The minimum atomic E-state index is -0.264. The van der Waals surface area contributed by atoms with Crippen molar-refractivity contribution in [1.82, 2.24) is 25.1 Å².